The minimum absolute atomic E-state index is 1.05. The van der Waals surface area contributed by atoms with Crippen LogP contribution < -0.4 is 0 Å². The average Bonchev–Trinajstić information content (AvgIpc) is 2.11. The molecule has 1 heteroatoms. The van der Waals surface area contributed by atoms with E-state index in [1.54, 1.807) is 0 Å². The first-order valence-corrected chi connectivity index (χ1v) is 4.90. The summed E-state index contributed by atoms with van der Waals surface area (Å²) in [5, 5.41) is 0. The van der Waals surface area contributed by atoms with Gasteiger partial charge in [0.2, 0.25) is 0 Å². The number of hydrogen-bond acceptors (Lipinski definition) is 1. The van der Waals surface area contributed by atoms with Gasteiger partial charge in [0.25, 0.3) is 0 Å². The lowest BCUT2D eigenvalue weighted by Crippen LogP contribution is -2.20. The van der Waals surface area contributed by atoms with E-state index in [1.165, 1.54) is 5.70 Å². The molecule has 0 saturated carbocycles. The molecule has 13 heavy (non-hydrogen) atoms. The minimum Gasteiger partial charge on any atom is -0.372 e. The largest absolute Gasteiger partial charge is 0.372 e. The molecule has 0 spiro atoms. The summed E-state index contributed by atoms with van der Waals surface area (Å²) in [5.41, 5.74) is 2.36. The zero-order valence-corrected chi connectivity index (χ0v) is 9.30. The van der Waals surface area contributed by atoms with E-state index in [4.69, 9.17) is 0 Å². The van der Waals surface area contributed by atoms with Crippen molar-refractivity contribution in [2.75, 3.05) is 13.1 Å². The number of allylic oxidation sites excluding steroid dienone is 4. The zero-order valence-electron chi connectivity index (χ0n) is 9.30. The zero-order chi connectivity index (χ0) is 10.3. The van der Waals surface area contributed by atoms with Crippen LogP contribution in [-0.2, 0) is 0 Å². The molecule has 0 fully saturated rings. The Bertz CT molecular complexity index is 207. The van der Waals surface area contributed by atoms with E-state index >= 15 is 0 Å². The van der Waals surface area contributed by atoms with Gasteiger partial charge in [-0.15, -0.1) is 0 Å². The normalized spacial score (nSPS) is 12.2. The first kappa shape index (κ1) is 12.0. The molecule has 0 unspecified atom stereocenters. The molecule has 0 N–H and O–H groups in total. The summed E-state index contributed by atoms with van der Waals surface area (Å²) in [6.45, 7) is 14.4. The lowest BCUT2D eigenvalue weighted by molar-refractivity contribution is 0.394. The van der Waals surface area contributed by atoms with Gasteiger partial charge >= 0.3 is 0 Å². The van der Waals surface area contributed by atoms with Crippen molar-refractivity contribution >= 4 is 0 Å². The predicted molar refractivity (Wildman–Crippen MR) is 60.6 cm³/mol. The minimum atomic E-state index is 1.05. The Hall–Kier alpha value is -0.980. The van der Waals surface area contributed by atoms with Crippen molar-refractivity contribution in [3.05, 3.63) is 36.1 Å². The highest BCUT2D eigenvalue weighted by molar-refractivity contribution is 5.23. The third kappa shape index (κ3) is 4.56. The van der Waals surface area contributed by atoms with Crippen LogP contribution in [0, 0.1) is 0 Å². The first-order chi connectivity index (χ1) is 6.15. The molecule has 74 valence electrons. The molecular weight excluding hydrogens is 158 g/mol. The van der Waals surface area contributed by atoms with Crippen LogP contribution in [0.25, 0.3) is 0 Å². The van der Waals surface area contributed by atoms with E-state index in [9.17, 15) is 0 Å². The Labute approximate surface area is 82.4 Å². The predicted octanol–water partition coefficient (Wildman–Crippen LogP) is 3.36. The Morgan fingerprint density at radius 1 is 1.23 bits per heavy atom. The summed E-state index contributed by atoms with van der Waals surface area (Å²) in [4.78, 5) is 2.32. The Balaban J connectivity index is 4.43. The van der Waals surface area contributed by atoms with E-state index in [-0.39, 0.29) is 0 Å². The van der Waals surface area contributed by atoms with E-state index in [2.05, 4.69) is 44.4 Å². The van der Waals surface area contributed by atoms with Crippen molar-refractivity contribution in [1.82, 2.24) is 4.90 Å². The summed E-state index contributed by atoms with van der Waals surface area (Å²) >= 11 is 0. The maximum Gasteiger partial charge on any atom is 0.0322 e. The summed E-state index contributed by atoms with van der Waals surface area (Å²) in [6.07, 6.45) is 6.30. The fourth-order valence-corrected chi connectivity index (χ4v) is 1.20. The van der Waals surface area contributed by atoms with E-state index < -0.39 is 0 Å². The first-order valence-electron chi connectivity index (χ1n) is 4.90. The van der Waals surface area contributed by atoms with Crippen molar-refractivity contribution in [3.8, 4) is 0 Å². The van der Waals surface area contributed by atoms with Gasteiger partial charge in [-0.3, -0.25) is 0 Å². The molecular formula is C12H21N. The topological polar surface area (TPSA) is 3.24 Å². The molecule has 0 bridgehead atoms. The number of hydrogen-bond donors (Lipinski definition) is 0. The van der Waals surface area contributed by atoms with Gasteiger partial charge in [-0.1, -0.05) is 24.3 Å². The second-order valence-corrected chi connectivity index (χ2v) is 3.07. The molecule has 0 aliphatic rings. The van der Waals surface area contributed by atoms with E-state index in [0.29, 0.717) is 0 Å². The molecule has 1 nitrogen and oxygen atoms in total. The molecule has 0 aromatic rings. The van der Waals surface area contributed by atoms with Gasteiger partial charge < -0.3 is 4.90 Å². The van der Waals surface area contributed by atoms with Crippen LogP contribution in [0.15, 0.2) is 36.1 Å². The number of rotatable bonds is 5. The second-order valence-electron chi connectivity index (χ2n) is 3.07. The van der Waals surface area contributed by atoms with Crippen molar-refractivity contribution in [3.63, 3.8) is 0 Å². The maximum absolute atomic E-state index is 3.84. The SMILES string of the molecule is C=C(C)/C=C\C(=C/C)N(CC)CC. The molecule has 0 amide bonds. The quantitative estimate of drug-likeness (QED) is 0.585. The second kappa shape index (κ2) is 6.53. The molecule has 0 radical (unpaired) electrons. The summed E-state index contributed by atoms with van der Waals surface area (Å²) in [7, 11) is 0. The van der Waals surface area contributed by atoms with Crippen molar-refractivity contribution in [2.24, 2.45) is 0 Å². The summed E-state index contributed by atoms with van der Waals surface area (Å²) in [5.74, 6) is 0. The standard InChI is InChI=1S/C12H21N/c1-6-12(10-9-11(4)5)13(7-2)8-3/h6,9-10H,4,7-8H2,1-3,5H3/b10-9-,12-6+. The fourth-order valence-electron chi connectivity index (χ4n) is 1.20. The molecule has 0 aromatic heterocycles. The molecule has 0 heterocycles. The van der Waals surface area contributed by atoms with Gasteiger partial charge in [-0.25, -0.2) is 0 Å². The summed E-state index contributed by atoms with van der Waals surface area (Å²) < 4.78 is 0. The third-order valence-corrected chi connectivity index (χ3v) is 1.96. The molecule has 0 aromatic carbocycles. The van der Waals surface area contributed by atoms with E-state index in [0.717, 1.165) is 18.7 Å². The van der Waals surface area contributed by atoms with Crippen LogP contribution in [0.3, 0.4) is 0 Å². The third-order valence-electron chi connectivity index (χ3n) is 1.96. The lowest BCUT2D eigenvalue weighted by atomic mass is 10.2. The smallest absolute Gasteiger partial charge is 0.0322 e. The van der Waals surface area contributed by atoms with Crippen LogP contribution in [0.4, 0.5) is 0 Å². The van der Waals surface area contributed by atoms with Gasteiger partial charge in [-0.2, -0.15) is 0 Å². The molecule has 0 aliphatic heterocycles. The van der Waals surface area contributed by atoms with Crippen LogP contribution in [-0.4, -0.2) is 18.0 Å². The van der Waals surface area contributed by atoms with Crippen LogP contribution in [0.5, 0.6) is 0 Å². The molecule has 0 aliphatic carbocycles. The Morgan fingerprint density at radius 3 is 2.08 bits per heavy atom. The average molecular weight is 179 g/mol. The molecule has 0 atom stereocenters. The highest BCUT2D eigenvalue weighted by Crippen LogP contribution is 2.06. The van der Waals surface area contributed by atoms with Crippen molar-refractivity contribution in [1.29, 1.82) is 0 Å². The number of nitrogens with zero attached hydrogens (tertiary/aromatic N) is 1. The van der Waals surface area contributed by atoms with Crippen molar-refractivity contribution < 1.29 is 0 Å². The van der Waals surface area contributed by atoms with Gasteiger partial charge in [0.15, 0.2) is 0 Å². The number of likely N-dealkylation sites (N-methyl/N-ethyl adjacent to an activating group) is 1. The Kier molecular flexibility index (Phi) is 6.03. The van der Waals surface area contributed by atoms with Gasteiger partial charge in [-0.05, 0) is 33.8 Å². The van der Waals surface area contributed by atoms with Crippen LogP contribution in [0.1, 0.15) is 27.7 Å². The van der Waals surface area contributed by atoms with Crippen LogP contribution in [0.2, 0.25) is 0 Å². The molecule has 0 rings (SSSR count). The Morgan fingerprint density at radius 2 is 1.77 bits per heavy atom. The monoisotopic (exact) mass is 179 g/mol. The maximum atomic E-state index is 3.84. The summed E-state index contributed by atoms with van der Waals surface area (Å²) in [6, 6.07) is 0. The molecule has 0 saturated heterocycles. The lowest BCUT2D eigenvalue weighted by Gasteiger charge is -2.21. The fraction of sp³-hybridized carbons (Fsp3) is 0.500. The van der Waals surface area contributed by atoms with Crippen LogP contribution >= 0.6 is 0 Å². The highest BCUT2D eigenvalue weighted by Gasteiger charge is 1.99. The van der Waals surface area contributed by atoms with Gasteiger partial charge in [0.1, 0.15) is 0 Å². The van der Waals surface area contributed by atoms with E-state index in [1.807, 2.05) is 13.0 Å². The highest BCUT2D eigenvalue weighted by atomic mass is 15.1. The van der Waals surface area contributed by atoms with Gasteiger partial charge in [0.05, 0.1) is 0 Å². The van der Waals surface area contributed by atoms with Gasteiger partial charge in [0, 0.05) is 18.8 Å². The van der Waals surface area contributed by atoms with Crippen molar-refractivity contribution in [2.45, 2.75) is 27.7 Å².